The summed E-state index contributed by atoms with van der Waals surface area (Å²) in [4.78, 5) is 21.6. The van der Waals surface area contributed by atoms with Gasteiger partial charge in [0.1, 0.15) is 0 Å². The van der Waals surface area contributed by atoms with Crippen LogP contribution in [0.15, 0.2) is 24.3 Å². The molecule has 0 radical (unpaired) electrons. The van der Waals surface area contributed by atoms with Crippen molar-refractivity contribution in [3.05, 3.63) is 29.8 Å². The maximum Gasteiger partial charge on any atom is 0.308 e. The van der Waals surface area contributed by atoms with E-state index in [-0.39, 0.29) is 5.78 Å². The van der Waals surface area contributed by atoms with Crippen molar-refractivity contribution >= 4 is 17.4 Å². The fourth-order valence-electron chi connectivity index (χ4n) is 1.18. The van der Waals surface area contributed by atoms with E-state index < -0.39 is 11.9 Å². The van der Waals surface area contributed by atoms with Crippen molar-refractivity contribution in [2.75, 3.05) is 11.9 Å². The number of carbonyl (C=O) groups excluding carboxylic acids is 1. The standard InChI is InChI=1S/C12H15NO3/c1-8(12(15)16)7-13-11-5-3-10(4-6-11)9(2)14/h3-6,8,13H,7H2,1-2H3,(H,15,16). The van der Waals surface area contributed by atoms with E-state index >= 15 is 0 Å². The minimum Gasteiger partial charge on any atom is -0.481 e. The molecule has 0 amide bonds. The zero-order valence-electron chi connectivity index (χ0n) is 9.36. The number of nitrogens with one attached hydrogen (secondary N) is 1. The molecule has 0 saturated heterocycles. The van der Waals surface area contributed by atoms with Gasteiger partial charge in [-0.25, -0.2) is 0 Å². The van der Waals surface area contributed by atoms with Gasteiger partial charge in [0.25, 0.3) is 0 Å². The molecule has 1 atom stereocenters. The second kappa shape index (κ2) is 5.30. The molecule has 0 saturated carbocycles. The van der Waals surface area contributed by atoms with Gasteiger partial charge in [0.2, 0.25) is 0 Å². The summed E-state index contributed by atoms with van der Waals surface area (Å²) in [6.07, 6.45) is 0. The van der Waals surface area contributed by atoms with Crippen LogP contribution in [-0.2, 0) is 4.79 Å². The number of anilines is 1. The fourth-order valence-corrected chi connectivity index (χ4v) is 1.18. The van der Waals surface area contributed by atoms with Crippen LogP contribution >= 0.6 is 0 Å². The number of aliphatic carboxylic acids is 1. The fraction of sp³-hybridized carbons (Fsp3) is 0.333. The summed E-state index contributed by atoms with van der Waals surface area (Å²) in [5.74, 6) is -1.24. The number of Topliss-reactive ketones (excluding diaryl/α,β-unsaturated/α-hetero) is 1. The van der Waals surface area contributed by atoms with Crippen molar-refractivity contribution < 1.29 is 14.7 Å². The quantitative estimate of drug-likeness (QED) is 0.746. The van der Waals surface area contributed by atoms with Crippen LogP contribution in [0.1, 0.15) is 24.2 Å². The molecule has 4 nitrogen and oxygen atoms in total. The first kappa shape index (κ1) is 12.2. The Bertz CT molecular complexity index is 384. The highest BCUT2D eigenvalue weighted by molar-refractivity contribution is 5.94. The summed E-state index contributed by atoms with van der Waals surface area (Å²) in [6, 6.07) is 6.98. The highest BCUT2D eigenvalue weighted by Gasteiger charge is 2.09. The molecule has 4 heteroatoms. The van der Waals surface area contributed by atoms with Crippen molar-refractivity contribution in [3.8, 4) is 0 Å². The van der Waals surface area contributed by atoms with Gasteiger partial charge in [-0.05, 0) is 31.2 Å². The van der Waals surface area contributed by atoms with E-state index in [4.69, 9.17) is 5.11 Å². The van der Waals surface area contributed by atoms with E-state index in [1.807, 2.05) is 0 Å². The maximum absolute atomic E-state index is 11.0. The first-order chi connectivity index (χ1) is 7.50. The van der Waals surface area contributed by atoms with Gasteiger partial charge >= 0.3 is 5.97 Å². The molecule has 0 aliphatic carbocycles. The number of benzene rings is 1. The Balaban J connectivity index is 2.56. The number of carboxylic acids is 1. The summed E-state index contributed by atoms with van der Waals surface area (Å²) in [6.45, 7) is 3.52. The van der Waals surface area contributed by atoms with Gasteiger partial charge in [-0.15, -0.1) is 0 Å². The van der Waals surface area contributed by atoms with Crippen molar-refractivity contribution in [2.45, 2.75) is 13.8 Å². The molecular weight excluding hydrogens is 206 g/mol. The third-order valence-electron chi connectivity index (χ3n) is 2.33. The monoisotopic (exact) mass is 221 g/mol. The van der Waals surface area contributed by atoms with E-state index in [0.29, 0.717) is 12.1 Å². The predicted octanol–water partition coefficient (Wildman–Crippen LogP) is 2.02. The van der Waals surface area contributed by atoms with Crippen LogP contribution in [0.25, 0.3) is 0 Å². The van der Waals surface area contributed by atoms with Gasteiger partial charge in [0.15, 0.2) is 5.78 Å². The molecule has 0 bridgehead atoms. The van der Waals surface area contributed by atoms with Crippen LogP contribution in [0, 0.1) is 5.92 Å². The first-order valence-corrected chi connectivity index (χ1v) is 5.08. The number of hydrogen-bond donors (Lipinski definition) is 2. The molecule has 2 N–H and O–H groups in total. The van der Waals surface area contributed by atoms with E-state index in [2.05, 4.69) is 5.32 Å². The molecule has 16 heavy (non-hydrogen) atoms. The Morgan fingerprint density at radius 1 is 1.31 bits per heavy atom. The number of rotatable bonds is 5. The zero-order valence-corrected chi connectivity index (χ0v) is 9.36. The van der Waals surface area contributed by atoms with Gasteiger partial charge in [-0.2, -0.15) is 0 Å². The normalized spacial score (nSPS) is 11.9. The van der Waals surface area contributed by atoms with E-state index in [1.54, 1.807) is 31.2 Å². The van der Waals surface area contributed by atoms with Gasteiger partial charge < -0.3 is 10.4 Å². The number of carboxylic acid groups (broad SMARTS) is 1. The van der Waals surface area contributed by atoms with Gasteiger partial charge in [-0.3, -0.25) is 9.59 Å². The number of ketones is 1. The molecular formula is C12H15NO3. The van der Waals surface area contributed by atoms with E-state index in [0.717, 1.165) is 5.69 Å². The molecule has 1 unspecified atom stereocenters. The lowest BCUT2D eigenvalue weighted by atomic mass is 10.1. The molecule has 86 valence electrons. The minimum absolute atomic E-state index is 0.0189. The predicted molar refractivity (Wildman–Crippen MR) is 61.7 cm³/mol. The Morgan fingerprint density at radius 2 is 1.88 bits per heavy atom. The van der Waals surface area contributed by atoms with Crippen molar-refractivity contribution in [1.29, 1.82) is 0 Å². The average molecular weight is 221 g/mol. The lowest BCUT2D eigenvalue weighted by Gasteiger charge is -2.09. The molecule has 0 aromatic heterocycles. The zero-order chi connectivity index (χ0) is 12.1. The highest BCUT2D eigenvalue weighted by atomic mass is 16.4. The molecule has 0 aliphatic rings. The summed E-state index contributed by atoms with van der Waals surface area (Å²) < 4.78 is 0. The number of carbonyl (C=O) groups is 2. The second-order valence-corrected chi connectivity index (χ2v) is 3.75. The van der Waals surface area contributed by atoms with Crippen LogP contribution in [0.5, 0.6) is 0 Å². The van der Waals surface area contributed by atoms with Crippen molar-refractivity contribution in [1.82, 2.24) is 0 Å². The van der Waals surface area contributed by atoms with Crippen LogP contribution in [0.2, 0.25) is 0 Å². The lowest BCUT2D eigenvalue weighted by Crippen LogP contribution is -2.19. The van der Waals surface area contributed by atoms with Crippen LogP contribution in [0.3, 0.4) is 0 Å². The molecule has 0 aliphatic heterocycles. The maximum atomic E-state index is 11.0. The molecule has 1 rings (SSSR count). The summed E-state index contributed by atoms with van der Waals surface area (Å²) in [5, 5.41) is 11.7. The van der Waals surface area contributed by atoms with Crippen LogP contribution in [0.4, 0.5) is 5.69 Å². The van der Waals surface area contributed by atoms with Crippen LogP contribution in [-0.4, -0.2) is 23.4 Å². The smallest absolute Gasteiger partial charge is 0.308 e. The summed E-state index contributed by atoms with van der Waals surface area (Å²) in [5.41, 5.74) is 1.47. The average Bonchev–Trinajstić information content (AvgIpc) is 2.26. The molecule has 1 aromatic carbocycles. The molecule has 0 fully saturated rings. The molecule has 1 aromatic rings. The largest absolute Gasteiger partial charge is 0.481 e. The number of hydrogen-bond acceptors (Lipinski definition) is 3. The SMILES string of the molecule is CC(=O)c1ccc(NCC(C)C(=O)O)cc1. The first-order valence-electron chi connectivity index (χ1n) is 5.08. The highest BCUT2D eigenvalue weighted by Crippen LogP contribution is 2.10. The second-order valence-electron chi connectivity index (χ2n) is 3.75. The molecule has 0 heterocycles. The van der Waals surface area contributed by atoms with Gasteiger partial charge in [-0.1, -0.05) is 6.92 Å². The third-order valence-corrected chi connectivity index (χ3v) is 2.33. The Labute approximate surface area is 94.3 Å². The lowest BCUT2D eigenvalue weighted by molar-refractivity contribution is -0.140. The molecule has 0 spiro atoms. The Kier molecular flexibility index (Phi) is 4.05. The van der Waals surface area contributed by atoms with E-state index in [9.17, 15) is 9.59 Å². The summed E-state index contributed by atoms with van der Waals surface area (Å²) in [7, 11) is 0. The topological polar surface area (TPSA) is 66.4 Å². The summed E-state index contributed by atoms with van der Waals surface area (Å²) >= 11 is 0. The van der Waals surface area contributed by atoms with E-state index in [1.165, 1.54) is 6.92 Å². The van der Waals surface area contributed by atoms with Gasteiger partial charge in [0.05, 0.1) is 5.92 Å². The Hall–Kier alpha value is -1.84. The minimum atomic E-state index is -0.826. The van der Waals surface area contributed by atoms with Crippen molar-refractivity contribution in [3.63, 3.8) is 0 Å². The van der Waals surface area contributed by atoms with Crippen molar-refractivity contribution in [2.24, 2.45) is 5.92 Å². The van der Waals surface area contributed by atoms with Crippen LogP contribution < -0.4 is 5.32 Å². The van der Waals surface area contributed by atoms with Gasteiger partial charge in [0, 0.05) is 17.8 Å². The Morgan fingerprint density at radius 3 is 2.31 bits per heavy atom. The third kappa shape index (κ3) is 3.38.